The fourth-order valence-corrected chi connectivity index (χ4v) is 14.2. The lowest BCUT2D eigenvalue weighted by Crippen LogP contribution is -2.29. The van der Waals surface area contributed by atoms with Crippen molar-refractivity contribution >= 4 is 19.8 Å². The third-order valence-corrected chi connectivity index (χ3v) is 20.9. The van der Waals surface area contributed by atoms with Gasteiger partial charge in [-0.15, -0.1) is 0 Å². The molecule has 2 atom stereocenters. The maximum Gasteiger partial charge on any atom is 0.472 e. The first-order valence-corrected chi connectivity index (χ1v) is 46.2. The van der Waals surface area contributed by atoms with E-state index in [-0.39, 0.29) is 38.6 Å². The van der Waals surface area contributed by atoms with Crippen molar-refractivity contribution in [3.05, 3.63) is 97.2 Å². The van der Waals surface area contributed by atoms with Crippen LogP contribution in [0.5, 0.6) is 0 Å². The van der Waals surface area contributed by atoms with E-state index in [9.17, 15) is 19.0 Å². The van der Waals surface area contributed by atoms with Crippen LogP contribution in [0.3, 0.4) is 0 Å². The van der Waals surface area contributed by atoms with Crippen LogP contribution in [-0.2, 0) is 32.7 Å². The number of esters is 2. The summed E-state index contributed by atoms with van der Waals surface area (Å²) in [4.78, 5) is 35.5. The van der Waals surface area contributed by atoms with Crippen LogP contribution in [-0.4, -0.2) is 49.3 Å². The molecule has 0 aliphatic carbocycles. The van der Waals surface area contributed by atoms with E-state index in [1.807, 2.05) is 0 Å². The monoisotopic (exact) mass is 1460 g/mol. The summed E-state index contributed by atoms with van der Waals surface area (Å²) in [5.41, 5.74) is 5.43. The van der Waals surface area contributed by atoms with Crippen molar-refractivity contribution < 1.29 is 37.6 Å². The summed E-state index contributed by atoms with van der Waals surface area (Å²) in [5.74, 6) is -0.801. The van der Waals surface area contributed by atoms with Crippen molar-refractivity contribution in [1.29, 1.82) is 0 Å². The lowest BCUT2D eigenvalue weighted by atomic mass is 10.0. The molecule has 0 radical (unpaired) electrons. The summed E-state index contributed by atoms with van der Waals surface area (Å²) in [7, 11) is -4.40. The van der Waals surface area contributed by atoms with Gasteiger partial charge in [-0.2, -0.15) is 0 Å². The molecular formula is C93H170NO8P. The van der Waals surface area contributed by atoms with Gasteiger partial charge >= 0.3 is 19.8 Å². The molecule has 0 aromatic heterocycles. The average Bonchev–Trinajstić information content (AvgIpc) is 1.08. The van der Waals surface area contributed by atoms with Crippen LogP contribution in [0.1, 0.15) is 450 Å². The van der Waals surface area contributed by atoms with Crippen molar-refractivity contribution in [2.24, 2.45) is 5.73 Å². The molecule has 600 valence electrons. The molecule has 0 spiro atoms. The Morgan fingerprint density at radius 2 is 0.505 bits per heavy atom. The quantitative estimate of drug-likeness (QED) is 0.0264. The third-order valence-electron chi connectivity index (χ3n) is 20.0. The molecule has 0 aromatic rings. The van der Waals surface area contributed by atoms with E-state index >= 15 is 0 Å². The van der Waals surface area contributed by atoms with Gasteiger partial charge in [-0.05, 0) is 89.9 Å². The molecule has 0 fully saturated rings. The van der Waals surface area contributed by atoms with Crippen molar-refractivity contribution in [3.63, 3.8) is 0 Å². The van der Waals surface area contributed by atoms with Gasteiger partial charge in [-0.1, -0.05) is 445 Å². The lowest BCUT2D eigenvalue weighted by molar-refractivity contribution is -0.161. The van der Waals surface area contributed by atoms with Crippen molar-refractivity contribution in [3.8, 4) is 0 Å². The van der Waals surface area contributed by atoms with Gasteiger partial charge in [0.25, 0.3) is 0 Å². The van der Waals surface area contributed by atoms with Gasteiger partial charge in [0.1, 0.15) is 6.61 Å². The largest absolute Gasteiger partial charge is 0.472 e. The molecule has 0 saturated heterocycles. The van der Waals surface area contributed by atoms with Gasteiger partial charge in [-0.3, -0.25) is 18.6 Å². The zero-order valence-electron chi connectivity index (χ0n) is 68.1. The molecule has 0 rings (SSSR count). The minimum Gasteiger partial charge on any atom is -0.462 e. The maximum atomic E-state index is 12.8. The number of phosphoric acid groups is 1. The zero-order chi connectivity index (χ0) is 74.3. The van der Waals surface area contributed by atoms with Gasteiger partial charge in [0.2, 0.25) is 0 Å². The van der Waals surface area contributed by atoms with Crippen LogP contribution < -0.4 is 5.73 Å². The number of ether oxygens (including phenoxy) is 2. The van der Waals surface area contributed by atoms with Crippen LogP contribution in [0, 0.1) is 0 Å². The van der Waals surface area contributed by atoms with Crippen LogP contribution in [0.2, 0.25) is 0 Å². The first-order chi connectivity index (χ1) is 50.8. The van der Waals surface area contributed by atoms with Gasteiger partial charge in [0.05, 0.1) is 13.2 Å². The topological polar surface area (TPSA) is 134 Å². The predicted molar refractivity (Wildman–Crippen MR) is 450 cm³/mol. The van der Waals surface area contributed by atoms with E-state index in [4.69, 9.17) is 24.3 Å². The highest BCUT2D eigenvalue weighted by Crippen LogP contribution is 2.43. The second-order valence-corrected chi connectivity index (χ2v) is 31.5. The summed E-state index contributed by atoms with van der Waals surface area (Å²) in [6.07, 6.45) is 122. The molecule has 2 unspecified atom stereocenters. The molecule has 0 aliphatic heterocycles. The van der Waals surface area contributed by atoms with Gasteiger partial charge < -0.3 is 20.1 Å². The zero-order valence-corrected chi connectivity index (χ0v) is 69.0. The third kappa shape index (κ3) is 87.7. The molecule has 0 heterocycles. The minimum atomic E-state index is -4.40. The summed E-state index contributed by atoms with van der Waals surface area (Å²) in [6.45, 7) is 3.59. The Morgan fingerprint density at radius 1 is 0.291 bits per heavy atom. The average molecular weight is 1460 g/mol. The molecule has 9 nitrogen and oxygen atoms in total. The number of unbranched alkanes of at least 4 members (excludes halogenated alkanes) is 56. The molecule has 3 N–H and O–H groups in total. The lowest BCUT2D eigenvalue weighted by Gasteiger charge is -2.19. The van der Waals surface area contributed by atoms with Crippen LogP contribution in [0.15, 0.2) is 97.2 Å². The van der Waals surface area contributed by atoms with Gasteiger partial charge in [0.15, 0.2) is 6.10 Å². The van der Waals surface area contributed by atoms with E-state index in [0.29, 0.717) is 6.42 Å². The van der Waals surface area contributed by atoms with Crippen molar-refractivity contribution in [2.45, 2.75) is 457 Å². The Morgan fingerprint density at radius 3 is 0.748 bits per heavy atom. The summed E-state index contributed by atoms with van der Waals surface area (Å²) in [5, 5.41) is 0. The number of phosphoric ester groups is 1. The second-order valence-electron chi connectivity index (χ2n) is 30.1. The number of rotatable bonds is 85. The molecule has 0 amide bonds. The number of carbonyl (C=O) groups excluding carboxylic acids is 2. The Balaban J connectivity index is 3.70. The predicted octanol–water partition coefficient (Wildman–Crippen LogP) is 30.5. The fraction of sp³-hybridized carbons (Fsp3) is 0.806. The van der Waals surface area contributed by atoms with Crippen LogP contribution >= 0.6 is 7.82 Å². The van der Waals surface area contributed by atoms with Crippen LogP contribution in [0.25, 0.3) is 0 Å². The SMILES string of the molecule is CC/C=C\C/C=C\C/C=C\C/C=C\CCCCCCCCCCCCCCCCCCCCCCCCCCCCCCC(=O)OCC(COP(=O)(O)OCCN)OC(=O)CCCCCCCCCCCCCCCCCCCCCCCCCCCCCC/C=C\C/C=C\C/C=C\C/C=C\CC. The standard InChI is InChI=1S/C93H170NO8P/c1-3-5-7-9-11-13-15-17-19-21-23-25-27-29-31-33-35-37-39-41-43-45-47-49-51-53-55-57-59-61-63-65-67-69-71-73-75-77-79-81-83-85-92(95)99-89-91(90-101-103(97,98)100-88-87-94)102-93(96)86-84-82-80-78-76-74-72-70-68-66-64-62-60-58-56-54-52-50-48-46-44-42-40-38-36-34-32-30-28-26-24-22-20-18-16-14-12-10-8-6-4-2/h5-8,11-14,17-20,23-26,91H,3-4,9-10,15-16,21-22,27-90,94H2,1-2H3,(H,97,98)/b7-5-,8-6-,13-11-,14-12-,19-17-,20-18-,25-23-,26-24-. The van der Waals surface area contributed by atoms with E-state index < -0.39 is 26.5 Å². The highest BCUT2D eigenvalue weighted by molar-refractivity contribution is 7.47. The van der Waals surface area contributed by atoms with Crippen LogP contribution in [0.4, 0.5) is 0 Å². The number of carbonyl (C=O) groups is 2. The van der Waals surface area contributed by atoms with Crippen molar-refractivity contribution in [1.82, 2.24) is 0 Å². The summed E-state index contributed by atoms with van der Waals surface area (Å²) < 4.78 is 33.4. The first kappa shape index (κ1) is 99.9. The number of nitrogens with two attached hydrogens (primary N) is 1. The van der Waals surface area contributed by atoms with E-state index in [1.165, 1.54) is 334 Å². The van der Waals surface area contributed by atoms with Gasteiger partial charge in [-0.25, -0.2) is 4.57 Å². The first-order valence-electron chi connectivity index (χ1n) is 44.7. The number of hydrogen-bond acceptors (Lipinski definition) is 8. The summed E-state index contributed by atoms with van der Waals surface area (Å²) in [6, 6.07) is 0. The van der Waals surface area contributed by atoms with Gasteiger partial charge in [0, 0.05) is 19.4 Å². The second kappa shape index (κ2) is 87.8. The Kier molecular flexibility index (Phi) is 85.2. The number of allylic oxidation sites excluding steroid dienone is 16. The fourth-order valence-electron chi connectivity index (χ4n) is 13.5. The highest BCUT2D eigenvalue weighted by Gasteiger charge is 2.26. The summed E-state index contributed by atoms with van der Waals surface area (Å²) >= 11 is 0. The highest BCUT2D eigenvalue weighted by atomic mass is 31.2. The van der Waals surface area contributed by atoms with E-state index in [2.05, 4.69) is 111 Å². The van der Waals surface area contributed by atoms with E-state index in [0.717, 1.165) is 83.5 Å². The minimum absolute atomic E-state index is 0.0552. The number of hydrogen-bond donors (Lipinski definition) is 2. The molecule has 103 heavy (non-hydrogen) atoms. The normalized spacial score (nSPS) is 13.2. The Bertz CT molecular complexity index is 2020. The molecule has 0 saturated carbocycles. The molecule has 10 heteroatoms. The molecule has 0 aromatic carbocycles. The molecule has 0 aliphatic rings. The smallest absolute Gasteiger partial charge is 0.462 e. The molecular weight excluding hydrogens is 1290 g/mol. The maximum absolute atomic E-state index is 12.8. The van der Waals surface area contributed by atoms with Crippen molar-refractivity contribution in [2.75, 3.05) is 26.4 Å². The van der Waals surface area contributed by atoms with E-state index in [1.54, 1.807) is 0 Å². The Hall–Kier alpha value is -3.07. The molecule has 0 bridgehead atoms. The Labute approximate surface area is 639 Å².